The maximum Gasteiger partial charge on any atom is 0.236 e. The molecule has 0 fully saturated rings. The lowest BCUT2D eigenvalue weighted by atomic mass is 10.2. The Labute approximate surface area is 190 Å². The Morgan fingerprint density at radius 2 is 1.91 bits per heavy atom. The molecule has 8 heteroatoms. The van der Waals surface area contributed by atoms with Crippen LogP contribution in [-0.4, -0.2) is 29.1 Å². The van der Waals surface area contributed by atoms with Gasteiger partial charge in [-0.25, -0.2) is 9.97 Å². The first kappa shape index (κ1) is 21.6. The molecule has 0 saturated heterocycles. The highest BCUT2D eigenvalue weighted by Gasteiger charge is 2.15. The molecule has 0 aliphatic heterocycles. The van der Waals surface area contributed by atoms with E-state index in [1.54, 1.807) is 23.6 Å². The first-order chi connectivity index (χ1) is 15.7. The number of nitrogens with one attached hydrogen (secondary N) is 1. The van der Waals surface area contributed by atoms with Crippen LogP contribution in [0.15, 0.2) is 70.6 Å². The smallest absolute Gasteiger partial charge is 0.236 e. The van der Waals surface area contributed by atoms with Crippen molar-refractivity contribution in [3.05, 3.63) is 83.2 Å². The average molecular weight is 450 g/mol. The minimum absolute atomic E-state index is 0.127. The fraction of sp³-hybridized carbons (Fsp3) is 0.208. The molecule has 7 nitrogen and oxygen atoms in total. The highest BCUT2D eigenvalue weighted by molar-refractivity contribution is 7.13. The number of pyridine rings is 1. The molecule has 3 heterocycles. The van der Waals surface area contributed by atoms with Crippen LogP contribution in [-0.2, 0) is 17.8 Å². The van der Waals surface area contributed by atoms with Crippen molar-refractivity contribution in [1.82, 2.24) is 15.3 Å². The first-order valence-electron chi connectivity index (χ1n) is 10.2. The van der Waals surface area contributed by atoms with E-state index in [9.17, 15) is 4.79 Å². The molecule has 32 heavy (non-hydrogen) atoms. The van der Waals surface area contributed by atoms with Crippen LogP contribution in [0.5, 0.6) is 11.6 Å². The van der Waals surface area contributed by atoms with Crippen LogP contribution in [0.3, 0.4) is 0 Å². The van der Waals surface area contributed by atoms with Crippen LogP contribution in [0.1, 0.15) is 17.0 Å². The fourth-order valence-electron chi connectivity index (χ4n) is 2.94. The van der Waals surface area contributed by atoms with E-state index in [0.29, 0.717) is 43.0 Å². The average Bonchev–Trinajstić information content (AvgIpc) is 3.47. The zero-order valence-electron chi connectivity index (χ0n) is 17.6. The van der Waals surface area contributed by atoms with Crippen LogP contribution in [0.2, 0.25) is 0 Å². The Morgan fingerprint density at radius 1 is 1.06 bits per heavy atom. The van der Waals surface area contributed by atoms with Crippen molar-refractivity contribution < 1.29 is 18.7 Å². The van der Waals surface area contributed by atoms with Crippen molar-refractivity contribution in [1.29, 1.82) is 0 Å². The molecule has 164 valence electrons. The van der Waals surface area contributed by atoms with Gasteiger partial charge in [-0.1, -0.05) is 30.3 Å². The normalized spacial score (nSPS) is 10.7. The number of para-hydroxylation sites is 1. The molecule has 1 aromatic carbocycles. The van der Waals surface area contributed by atoms with E-state index in [0.717, 1.165) is 16.2 Å². The predicted molar refractivity (Wildman–Crippen MR) is 122 cm³/mol. The molecule has 0 atom stereocenters. The topological polar surface area (TPSA) is 86.5 Å². The molecule has 3 aromatic heterocycles. The lowest BCUT2D eigenvalue weighted by Gasteiger charge is -2.08. The molecule has 0 bridgehead atoms. The van der Waals surface area contributed by atoms with Crippen molar-refractivity contribution in [3.63, 3.8) is 0 Å². The van der Waals surface area contributed by atoms with Gasteiger partial charge < -0.3 is 19.2 Å². The summed E-state index contributed by atoms with van der Waals surface area (Å²) in [6.07, 6.45) is 1.85. The van der Waals surface area contributed by atoms with Crippen LogP contribution in [0.4, 0.5) is 0 Å². The van der Waals surface area contributed by atoms with Gasteiger partial charge in [0.25, 0.3) is 0 Å². The van der Waals surface area contributed by atoms with Gasteiger partial charge in [-0.15, -0.1) is 11.3 Å². The number of hydrogen-bond donors (Lipinski definition) is 1. The second-order valence-electron chi connectivity index (χ2n) is 6.97. The third-order valence-electron chi connectivity index (χ3n) is 4.59. The van der Waals surface area contributed by atoms with E-state index < -0.39 is 0 Å². The van der Waals surface area contributed by atoms with Gasteiger partial charge in [-0.05, 0) is 36.1 Å². The lowest BCUT2D eigenvalue weighted by molar-refractivity contribution is -0.120. The largest absolute Gasteiger partial charge is 0.490 e. The number of nitrogens with zero attached hydrogens (tertiary/aromatic N) is 2. The maximum atomic E-state index is 12.3. The van der Waals surface area contributed by atoms with E-state index in [2.05, 4.69) is 15.3 Å². The van der Waals surface area contributed by atoms with Crippen molar-refractivity contribution >= 4 is 17.2 Å². The summed E-state index contributed by atoms with van der Waals surface area (Å²) in [5.74, 6) is 2.39. The summed E-state index contributed by atoms with van der Waals surface area (Å²) in [7, 11) is 0. The maximum absolute atomic E-state index is 12.3. The fourth-order valence-corrected chi connectivity index (χ4v) is 3.59. The molecule has 0 spiro atoms. The van der Waals surface area contributed by atoms with Crippen molar-refractivity contribution in [3.8, 4) is 22.4 Å². The number of carbonyl (C=O) groups excluding carboxylic acids is 1. The molecule has 4 aromatic rings. The molecule has 0 radical (unpaired) electrons. The number of carbonyl (C=O) groups is 1. The van der Waals surface area contributed by atoms with E-state index >= 15 is 0 Å². The second kappa shape index (κ2) is 10.6. The number of thiophene rings is 1. The minimum atomic E-state index is -0.127. The van der Waals surface area contributed by atoms with Crippen LogP contribution >= 0.6 is 11.3 Å². The van der Waals surface area contributed by atoms with Gasteiger partial charge in [0.1, 0.15) is 24.7 Å². The number of aryl methyl sites for hydroxylation is 1. The Hall–Kier alpha value is -3.65. The number of oxazole rings is 1. The van der Waals surface area contributed by atoms with Crippen molar-refractivity contribution in [2.45, 2.75) is 19.9 Å². The highest BCUT2D eigenvalue weighted by Crippen LogP contribution is 2.26. The van der Waals surface area contributed by atoms with Gasteiger partial charge >= 0.3 is 0 Å². The number of ether oxygens (including phenoxy) is 2. The number of amides is 1. The SMILES string of the molecule is Cc1oc(-c2cccs2)nc1CC(=O)NCc1ccc(OCCOc2ccccc2)nc1. The first-order valence-corrected chi connectivity index (χ1v) is 11.1. The van der Waals surface area contributed by atoms with Gasteiger partial charge in [0, 0.05) is 18.8 Å². The molecule has 4 rings (SSSR count). The summed E-state index contributed by atoms with van der Waals surface area (Å²) in [5.41, 5.74) is 1.52. The van der Waals surface area contributed by atoms with Gasteiger partial charge in [-0.3, -0.25) is 4.79 Å². The molecular weight excluding hydrogens is 426 g/mol. The standard InChI is InChI=1S/C24H23N3O4S/c1-17-20(27-24(31-17)21-8-5-13-32-21)14-22(28)25-15-18-9-10-23(26-16-18)30-12-11-29-19-6-3-2-4-7-19/h2-10,13,16H,11-12,14-15H2,1H3,(H,25,28). The van der Waals surface area contributed by atoms with E-state index in [4.69, 9.17) is 13.9 Å². The third-order valence-corrected chi connectivity index (χ3v) is 5.44. The molecule has 0 unspecified atom stereocenters. The van der Waals surface area contributed by atoms with Crippen molar-refractivity contribution in [2.24, 2.45) is 0 Å². The predicted octanol–water partition coefficient (Wildman–Crippen LogP) is 4.42. The Morgan fingerprint density at radius 3 is 2.66 bits per heavy atom. The quantitative estimate of drug-likeness (QED) is 0.361. The van der Waals surface area contributed by atoms with Crippen LogP contribution in [0.25, 0.3) is 10.8 Å². The van der Waals surface area contributed by atoms with E-state index in [-0.39, 0.29) is 12.3 Å². The highest BCUT2D eigenvalue weighted by atomic mass is 32.1. The zero-order valence-corrected chi connectivity index (χ0v) is 18.4. The van der Waals surface area contributed by atoms with Crippen LogP contribution < -0.4 is 14.8 Å². The summed E-state index contributed by atoms with van der Waals surface area (Å²) in [6.45, 7) is 3.01. The second-order valence-corrected chi connectivity index (χ2v) is 7.92. The molecule has 1 amide bonds. The monoisotopic (exact) mass is 449 g/mol. The Balaban J connectivity index is 1.20. The van der Waals surface area contributed by atoms with E-state index in [1.165, 1.54) is 0 Å². The number of hydrogen-bond acceptors (Lipinski definition) is 7. The summed E-state index contributed by atoms with van der Waals surface area (Å²) >= 11 is 1.55. The zero-order chi connectivity index (χ0) is 22.2. The summed E-state index contributed by atoms with van der Waals surface area (Å²) in [6, 6.07) is 17.1. The Kier molecular flexibility index (Phi) is 7.14. The van der Waals surface area contributed by atoms with Gasteiger partial charge in [0.15, 0.2) is 0 Å². The summed E-state index contributed by atoms with van der Waals surface area (Å²) in [5, 5.41) is 4.85. The van der Waals surface area contributed by atoms with Crippen molar-refractivity contribution in [2.75, 3.05) is 13.2 Å². The summed E-state index contributed by atoms with van der Waals surface area (Å²) in [4.78, 5) is 22.0. The van der Waals surface area contributed by atoms with Gasteiger partial charge in [-0.2, -0.15) is 0 Å². The summed E-state index contributed by atoms with van der Waals surface area (Å²) < 4.78 is 16.9. The van der Waals surface area contributed by atoms with E-state index in [1.807, 2.05) is 60.8 Å². The Bertz CT molecular complexity index is 1130. The third kappa shape index (κ3) is 5.95. The lowest BCUT2D eigenvalue weighted by Crippen LogP contribution is -2.25. The number of benzene rings is 1. The van der Waals surface area contributed by atoms with Gasteiger partial charge in [0.2, 0.25) is 17.7 Å². The molecule has 1 N–H and O–H groups in total. The molecule has 0 saturated carbocycles. The molecule has 0 aliphatic carbocycles. The minimum Gasteiger partial charge on any atom is -0.490 e. The number of rotatable bonds is 10. The number of aromatic nitrogens is 2. The molecular formula is C24H23N3O4S. The van der Waals surface area contributed by atoms with Crippen LogP contribution in [0, 0.1) is 6.92 Å². The van der Waals surface area contributed by atoms with Gasteiger partial charge in [0.05, 0.1) is 17.0 Å². The molecule has 0 aliphatic rings.